The number of aromatic nitrogens is 1. The first-order valence-corrected chi connectivity index (χ1v) is 5.92. The summed E-state index contributed by atoms with van der Waals surface area (Å²) in [5.74, 6) is 0.429. The molecule has 0 fully saturated rings. The highest BCUT2D eigenvalue weighted by atomic mass is 32.1. The second-order valence-electron chi connectivity index (χ2n) is 3.94. The van der Waals surface area contributed by atoms with E-state index in [4.69, 9.17) is 18.0 Å². The van der Waals surface area contributed by atoms with E-state index in [0.717, 1.165) is 5.69 Å². The molecule has 2 N–H and O–H groups in total. The summed E-state index contributed by atoms with van der Waals surface area (Å²) < 4.78 is 4.60. The lowest BCUT2D eigenvalue weighted by Gasteiger charge is -2.20. The van der Waals surface area contributed by atoms with Crippen molar-refractivity contribution in [3.8, 4) is 0 Å². The van der Waals surface area contributed by atoms with E-state index in [2.05, 4.69) is 9.72 Å². The van der Waals surface area contributed by atoms with Gasteiger partial charge in [-0.15, -0.1) is 0 Å². The molecular weight excluding hydrogens is 250 g/mol. The highest BCUT2D eigenvalue weighted by Crippen LogP contribution is 2.17. The van der Waals surface area contributed by atoms with Crippen LogP contribution in [-0.2, 0) is 9.53 Å². The van der Waals surface area contributed by atoms with Gasteiger partial charge in [-0.05, 0) is 19.1 Å². The number of rotatable bonds is 5. The fraction of sp³-hybridized carbons (Fsp3) is 0.417. The molecule has 0 spiro atoms. The van der Waals surface area contributed by atoms with Crippen LogP contribution in [0.5, 0.6) is 0 Å². The van der Waals surface area contributed by atoms with Gasteiger partial charge < -0.3 is 15.4 Å². The van der Waals surface area contributed by atoms with E-state index in [9.17, 15) is 4.79 Å². The Morgan fingerprint density at radius 3 is 2.78 bits per heavy atom. The van der Waals surface area contributed by atoms with E-state index in [0.29, 0.717) is 29.3 Å². The molecule has 0 bridgehead atoms. The van der Waals surface area contributed by atoms with Gasteiger partial charge in [-0.3, -0.25) is 4.79 Å². The van der Waals surface area contributed by atoms with Crippen LogP contribution in [0.25, 0.3) is 0 Å². The number of pyridine rings is 1. The topological polar surface area (TPSA) is 68.5 Å². The summed E-state index contributed by atoms with van der Waals surface area (Å²) in [5.41, 5.74) is 7.24. The second kappa shape index (κ2) is 6.30. The first-order chi connectivity index (χ1) is 8.45. The van der Waals surface area contributed by atoms with Gasteiger partial charge in [0.25, 0.3) is 0 Å². The lowest BCUT2D eigenvalue weighted by atomic mass is 10.2. The van der Waals surface area contributed by atoms with E-state index in [1.165, 1.54) is 7.11 Å². The Kier molecular flexibility index (Phi) is 5.03. The molecule has 0 atom stereocenters. The Morgan fingerprint density at radius 2 is 2.22 bits per heavy atom. The number of esters is 1. The van der Waals surface area contributed by atoms with Crippen molar-refractivity contribution < 1.29 is 9.53 Å². The number of anilines is 1. The van der Waals surface area contributed by atoms with Crippen LogP contribution in [-0.4, -0.2) is 36.6 Å². The normalized spacial score (nSPS) is 9.94. The minimum atomic E-state index is -0.258. The lowest BCUT2D eigenvalue weighted by Crippen LogP contribution is -2.26. The van der Waals surface area contributed by atoms with Crippen molar-refractivity contribution in [3.63, 3.8) is 0 Å². The number of carbonyl (C=O) groups excluding carboxylic acids is 1. The Morgan fingerprint density at radius 1 is 1.56 bits per heavy atom. The molecule has 0 unspecified atom stereocenters. The predicted molar refractivity (Wildman–Crippen MR) is 74.8 cm³/mol. The Bertz CT molecular complexity index is 463. The summed E-state index contributed by atoms with van der Waals surface area (Å²) in [5, 5.41) is 0. The number of carbonyl (C=O) groups is 1. The maximum atomic E-state index is 11.1. The molecule has 98 valence electrons. The zero-order valence-corrected chi connectivity index (χ0v) is 11.6. The molecule has 0 saturated heterocycles. The van der Waals surface area contributed by atoms with Gasteiger partial charge in [-0.25, -0.2) is 4.98 Å². The molecule has 0 aliphatic carbocycles. The van der Waals surface area contributed by atoms with Gasteiger partial charge in [-0.2, -0.15) is 0 Å². The van der Waals surface area contributed by atoms with Gasteiger partial charge in [0, 0.05) is 19.3 Å². The maximum absolute atomic E-state index is 11.1. The summed E-state index contributed by atoms with van der Waals surface area (Å²) in [6, 6.07) is 3.70. The third-order valence-corrected chi connectivity index (χ3v) is 2.74. The number of hydrogen-bond donors (Lipinski definition) is 1. The van der Waals surface area contributed by atoms with E-state index in [1.54, 1.807) is 0 Å². The second-order valence-corrected chi connectivity index (χ2v) is 4.38. The molecule has 0 aliphatic rings. The maximum Gasteiger partial charge on any atom is 0.307 e. The van der Waals surface area contributed by atoms with Crippen LogP contribution in [0.3, 0.4) is 0 Å². The summed E-state index contributed by atoms with van der Waals surface area (Å²) >= 11 is 4.99. The Hall–Kier alpha value is -1.69. The molecule has 0 saturated carbocycles. The smallest absolute Gasteiger partial charge is 0.307 e. The van der Waals surface area contributed by atoms with Gasteiger partial charge in [0.2, 0.25) is 0 Å². The first kappa shape index (κ1) is 14.4. The standard InChI is InChI=1S/C12H17N3O2S/c1-8-4-5-9(11(13)18)12(14-8)15(2)7-6-10(16)17-3/h4-5H,6-7H2,1-3H3,(H2,13,18). The van der Waals surface area contributed by atoms with Crippen molar-refractivity contribution in [2.24, 2.45) is 5.73 Å². The van der Waals surface area contributed by atoms with E-state index >= 15 is 0 Å². The number of ether oxygens (including phenoxy) is 1. The summed E-state index contributed by atoms with van der Waals surface area (Å²) in [6.45, 7) is 2.39. The van der Waals surface area contributed by atoms with Crippen LogP contribution in [0.2, 0.25) is 0 Å². The van der Waals surface area contributed by atoms with Crippen LogP contribution in [0.1, 0.15) is 17.7 Å². The van der Waals surface area contributed by atoms with Crippen molar-refractivity contribution in [2.75, 3.05) is 25.6 Å². The van der Waals surface area contributed by atoms with Gasteiger partial charge in [0.1, 0.15) is 10.8 Å². The zero-order valence-electron chi connectivity index (χ0n) is 10.8. The average Bonchev–Trinajstić information content (AvgIpc) is 2.34. The molecule has 0 aliphatic heterocycles. The third-order valence-electron chi connectivity index (χ3n) is 2.52. The third kappa shape index (κ3) is 3.66. The van der Waals surface area contributed by atoms with Crippen molar-refractivity contribution in [2.45, 2.75) is 13.3 Å². The van der Waals surface area contributed by atoms with Gasteiger partial charge in [0.05, 0.1) is 19.1 Å². The number of methoxy groups -OCH3 is 1. The molecule has 1 heterocycles. The fourth-order valence-electron chi connectivity index (χ4n) is 1.49. The molecule has 6 heteroatoms. The molecule has 18 heavy (non-hydrogen) atoms. The number of nitrogens with zero attached hydrogens (tertiary/aromatic N) is 2. The van der Waals surface area contributed by atoms with E-state index in [1.807, 2.05) is 31.0 Å². The number of thiocarbonyl (C=S) groups is 1. The van der Waals surface area contributed by atoms with Crippen LogP contribution in [0, 0.1) is 6.92 Å². The zero-order chi connectivity index (χ0) is 13.7. The first-order valence-electron chi connectivity index (χ1n) is 5.51. The van der Waals surface area contributed by atoms with Gasteiger partial charge in [0.15, 0.2) is 0 Å². The fourth-order valence-corrected chi connectivity index (χ4v) is 1.65. The lowest BCUT2D eigenvalue weighted by molar-refractivity contribution is -0.140. The SMILES string of the molecule is COC(=O)CCN(C)c1nc(C)ccc1C(N)=S. The van der Waals surface area contributed by atoms with Gasteiger partial charge in [-0.1, -0.05) is 12.2 Å². The minimum absolute atomic E-state index is 0.258. The molecule has 0 aromatic carbocycles. The van der Waals surface area contributed by atoms with Crippen molar-refractivity contribution in [1.82, 2.24) is 4.98 Å². The Balaban J connectivity index is 2.89. The summed E-state index contributed by atoms with van der Waals surface area (Å²) in [6.07, 6.45) is 0.291. The van der Waals surface area contributed by atoms with Crippen LogP contribution < -0.4 is 10.6 Å². The van der Waals surface area contributed by atoms with Crippen LogP contribution in [0.4, 0.5) is 5.82 Å². The predicted octanol–water partition coefficient (Wildman–Crippen LogP) is 1.02. The number of nitrogens with two attached hydrogens (primary N) is 1. The molecule has 1 aromatic heterocycles. The summed E-state index contributed by atoms with van der Waals surface area (Å²) in [4.78, 5) is 17.7. The van der Waals surface area contributed by atoms with E-state index in [-0.39, 0.29) is 5.97 Å². The molecule has 5 nitrogen and oxygen atoms in total. The number of aryl methyl sites for hydroxylation is 1. The molecule has 1 rings (SSSR count). The van der Waals surface area contributed by atoms with Crippen molar-refractivity contribution in [1.29, 1.82) is 0 Å². The molecule has 0 radical (unpaired) electrons. The highest BCUT2D eigenvalue weighted by molar-refractivity contribution is 7.80. The van der Waals surface area contributed by atoms with Crippen LogP contribution in [0.15, 0.2) is 12.1 Å². The summed E-state index contributed by atoms with van der Waals surface area (Å²) in [7, 11) is 3.21. The van der Waals surface area contributed by atoms with E-state index < -0.39 is 0 Å². The van der Waals surface area contributed by atoms with Crippen molar-refractivity contribution in [3.05, 3.63) is 23.4 Å². The molecular formula is C12H17N3O2S. The minimum Gasteiger partial charge on any atom is -0.469 e. The number of hydrogen-bond acceptors (Lipinski definition) is 5. The van der Waals surface area contributed by atoms with Gasteiger partial charge >= 0.3 is 5.97 Å². The Labute approximate surface area is 112 Å². The van der Waals surface area contributed by atoms with Crippen molar-refractivity contribution >= 4 is 29.0 Å². The molecule has 1 aromatic rings. The largest absolute Gasteiger partial charge is 0.469 e. The quantitative estimate of drug-likeness (QED) is 0.634. The highest BCUT2D eigenvalue weighted by Gasteiger charge is 2.13. The molecule has 0 amide bonds. The average molecular weight is 267 g/mol. The monoisotopic (exact) mass is 267 g/mol. The van der Waals surface area contributed by atoms with Crippen LogP contribution >= 0.6 is 12.2 Å².